The van der Waals surface area contributed by atoms with Gasteiger partial charge in [0, 0.05) is 12.8 Å². The van der Waals surface area contributed by atoms with E-state index in [1.807, 2.05) is 48.5 Å². The summed E-state index contributed by atoms with van der Waals surface area (Å²) < 4.78 is 15.5. The van der Waals surface area contributed by atoms with Gasteiger partial charge >= 0.3 is 5.97 Å². The van der Waals surface area contributed by atoms with E-state index in [1.165, 1.54) is 5.56 Å². The third-order valence-corrected chi connectivity index (χ3v) is 4.32. The molecule has 0 aromatic heterocycles. The Morgan fingerprint density at radius 2 is 1.82 bits per heavy atom. The van der Waals surface area contributed by atoms with Crippen molar-refractivity contribution >= 4 is 5.97 Å². The summed E-state index contributed by atoms with van der Waals surface area (Å²) in [6, 6.07) is 15.8. The van der Waals surface area contributed by atoms with E-state index < -0.39 is 0 Å². The van der Waals surface area contributed by atoms with Crippen LogP contribution in [0.3, 0.4) is 0 Å². The summed E-state index contributed by atoms with van der Waals surface area (Å²) in [5, 5.41) is 9.68. The summed E-state index contributed by atoms with van der Waals surface area (Å²) in [5.74, 6) is 1.45. The van der Waals surface area contributed by atoms with Gasteiger partial charge in [-0.25, -0.2) is 0 Å². The highest BCUT2D eigenvalue weighted by Gasteiger charge is 2.14. The number of hydrogen-bond donors (Lipinski definition) is 1. The Kier molecular flexibility index (Phi) is 9.35. The van der Waals surface area contributed by atoms with Gasteiger partial charge in [-0.1, -0.05) is 56.7 Å². The monoisotopic (exact) mass is 386 g/mol. The lowest BCUT2D eigenvalue weighted by Gasteiger charge is -2.09. The van der Waals surface area contributed by atoms with Crippen molar-refractivity contribution in [1.29, 1.82) is 0 Å². The van der Waals surface area contributed by atoms with Crippen LogP contribution in [-0.2, 0) is 22.4 Å². The Balaban J connectivity index is 0.000000203. The fraction of sp³-hybridized carbons (Fsp3) is 0.435. The van der Waals surface area contributed by atoms with Crippen LogP contribution in [0.25, 0.3) is 0 Å². The van der Waals surface area contributed by atoms with Gasteiger partial charge in [0.15, 0.2) is 11.5 Å². The Hall–Kier alpha value is -2.53. The van der Waals surface area contributed by atoms with Crippen molar-refractivity contribution in [2.75, 3.05) is 13.4 Å². The molecule has 28 heavy (non-hydrogen) atoms. The van der Waals surface area contributed by atoms with Crippen molar-refractivity contribution in [3.8, 4) is 11.5 Å². The average Bonchev–Trinajstić information content (AvgIpc) is 3.17. The van der Waals surface area contributed by atoms with Crippen LogP contribution in [0.5, 0.6) is 11.5 Å². The van der Waals surface area contributed by atoms with Crippen LogP contribution in [0.15, 0.2) is 48.5 Å². The van der Waals surface area contributed by atoms with Crippen LogP contribution in [0.2, 0.25) is 0 Å². The predicted molar refractivity (Wildman–Crippen MR) is 109 cm³/mol. The molecule has 0 saturated heterocycles. The van der Waals surface area contributed by atoms with E-state index in [-0.39, 0.29) is 12.1 Å². The summed E-state index contributed by atoms with van der Waals surface area (Å²) >= 11 is 0. The summed E-state index contributed by atoms with van der Waals surface area (Å²) in [6.45, 7) is 4.65. The maximum atomic E-state index is 10.8. The molecule has 5 heteroatoms. The molecule has 0 amide bonds. The summed E-state index contributed by atoms with van der Waals surface area (Å²) in [5.41, 5.74) is 2.30. The number of esters is 1. The molecule has 0 fully saturated rings. The van der Waals surface area contributed by atoms with Crippen molar-refractivity contribution in [2.24, 2.45) is 0 Å². The molecule has 2 aromatic rings. The second-order valence-electron chi connectivity index (χ2n) is 6.64. The third kappa shape index (κ3) is 7.61. The smallest absolute Gasteiger partial charge is 0.305 e. The first-order valence-corrected chi connectivity index (χ1v) is 9.88. The van der Waals surface area contributed by atoms with Crippen molar-refractivity contribution in [3.05, 3.63) is 59.7 Å². The van der Waals surface area contributed by atoms with Gasteiger partial charge in [-0.15, -0.1) is 0 Å². The van der Waals surface area contributed by atoms with Gasteiger partial charge in [-0.05, 0) is 36.1 Å². The summed E-state index contributed by atoms with van der Waals surface area (Å²) in [6.07, 6.45) is 3.53. The molecule has 1 aliphatic rings. The van der Waals surface area contributed by atoms with Gasteiger partial charge < -0.3 is 19.3 Å². The Labute approximate surface area is 167 Å². The predicted octanol–water partition coefficient (Wildman–Crippen LogP) is 4.30. The molecule has 3 rings (SSSR count). The molecule has 0 spiro atoms. The van der Waals surface area contributed by atoms with Gasteiger partial charge in [0.2, 0.25) is 6.79 Å². The molecule has 5 nitrogen and oxygen atoms in total. The van der Waals surface area contributed by atoms with E-state index >= 15 is 0 Å². The lowest BCUT2D eigenvalue weighted by Crippen LogP contribution is -2.09. The lowest BCUT2D eigenvalue weighted by molar-refractivity contribution is -0.143. The summed E-state index contributed by atoms with van der Waals surface area (Å²) in [4.78, 5) is 10.8. The van der Waals surface area contributed by atoms with Crippen LogP contribution in [-0.4, -0.2) is 30.6 Å². The first-order chi connectivity index (χ1) is 13.6. The van der Waals surface area contributed by atoms with Crippen molar-refractivity contribution < 1.29 is 24.1 Å². The number of aliphatic hydroxyl groups excluding tert-OH is 1. The molecule has 1 heterocycles. The minimum Gasteiger partial charge on any atom is -0.465 e. The fourth-order valence-electron chi connectivity index (χ4n) is 2.80. The molecule has 1 unspecified atom stereocenters. The molecule has 1 N–H and O–H groups in total. The van der Waals surface area contributed by atoms with Crippen LogP contribution in [0, 0.1) is 0 Å². The number of fused-ring (bicyclic) bond motifs is 1. The highest BCUT2D eigenvalue weighted by Crippen LogP contribution is 2.32. The standard InChI is InChI=1S/C12H16O3.C11H14O2/c1-2-3-10(13)6-9-4-5-11-12(7-9)15-8-14-11;1-2-11(12)13-9-8-10-6-4-3-5-7-10/h4-5,7,10,13H,2-3,6,8H2,1H3;3-7H,2,8-9H2,1H3. The molecule has 0 saturated carbocycles. The number of carbonyl (C=O) groups is 1. The van der Waals surface area contributed by atoms with Gasteiger partial charge in [-0.2, -0.15) is 0 Å². The van der Waals surface area contributed by atoms with Crippen molar-refractivity contribution in [2.45, 2.75) is 52.1 Å². The first kappa shape index (κ1) is 21.8. The molecule has 0 radical (unpaired) electrons. The van der Waals surface area contributed by atoms with E-state index in [2.05, 4.69) is 6.92 Å². The molecule has 1 atom stereocenters. The highest BCUT2D eigenvalue weighted by atomic mass is 16.7. The van der Waals surface area contributed by atoms with E-state index in [9.17, 15) is 9.90 Å². The normalized spacial score (nSPS) is 12.7. The topological polar surface area (TPSA) is 65.0 Å². The molecule has 2 aromatic carbocycles. The maximum Gasteiger partial charge on any atom is 0.305 e. The van der Waals surface area contributed by atoms with Crippen LogP contribution in [0.4, 0.5) is 0 Å². The largest absolute Gasteiger partial charge is 0.465 e. The van der Waals surface area contributed by atoms with Crippen molar-refractivity contribution in [1.82, 2.24) is 0 Å². The Morgan fingerprint density at radius 3 is 2.54 bits per heavy atom. The van der Waals surface area contributed by atoms with E-state index in [4.69, 9.17) is 14.2 Å². The number of rotatable bonds is 8. The second kappa shape index (κ2) is 12.0. The number of benzene rings is 2. The van der Waals surface area contributed by atoms with Crippen LogP contribution < -0.4 is 9.47 Å². The second-order valence-corrected chi connectivity index (χ2v) is 6.64. The van der Waals surface area contributed by atoms with Crippen molar-refractivity contribution in [3.63, 3.8) is 0 Å². The number of carbonyl (C=O) groups excluding carboxylic acids is 1. The zero-order valence-corrected chi connectivity index (χ0v) is 16.7. The first-order valence-electron chi connectivity index (χ1n) is 9.88. The molecule has 152 valence electrons. The quantitative estimate of drug-likeness (QED) is 0.685. The number of hydrogen-bond acceptors (Lipinski definition) is 5. The zero-order valence-electron chi connectivity index (χ0n) is 16.7. The average molecular weight is 386 g/mol. The maximum absolute atomic E-state index is 10.8. The lowest BCUT2D eigenvalue weighted by atomic mass is 10.0. The zero-order chi connectivity index (χ0) is 20.2. The van der Waals surface area contributed by atoms with Gasteiger partial charge in [0.25, 0.3) is 0 Å². The molecule has 1 aliphatic heterocycles. The van der Waals surface area contributed by atoms with Gasteiger partial charge in [0.05, 0.1) is 12.7 Å². The minimum atomic E-state index is -0.254. The summed E-state index contributed by atoms with van der Waals surface area (Å²) in [7, 11) is 0. The van der Waals surface area contributed by atoms with E-state index in [0.717, 1.165) is 36.3 Å². The van der Waals surface area contributed by atoms with Gasteiger partial charge in [0.1, 0.15) is 0 Å². The minimum absolute atomic E-state index is 0.129. The van der Waals surface area contributed by atoms with E-state index in [1.54, 1.807) is 6.92 Å². The number of ether oxygens (including phenoxy) is 3. The molecule has 0 aliphatic carbocycles. The van der Waals surface area contributed by atoms with Gasteiger partial charge in [-0.3, -0.25) is 4.79 Å². The van der Waals surface area contributed by atoms with Crippen LogP contribution in [0.1, 0.15) is 44.2 Å². The Morgan fingerprint density at radius 1 is 1.07 bits per heavy atom. The van der Waals surface area contributed by atoms with E-state index in [0.29, 0.717) is 26.2 Å². The molecular formula is C23H30O5. The fourth-order valence-corrected chi connectivity index (χ4v) is 2.80. The van der Waals surface area contributed by atoms with Crippen LogP contribution >= 0.6 is 0 Å². The molecule has 0 bridgehead atoms. The highest BCUT2D eigenvalue weighted by molar-refractivity contribution is 5.68. The Bertz CT molecular complexity index is 714. The third-order valence-electron chi connectivity index (χ3n) is 4.32. The number of aliphatic hydroxyl groups is 1. The molecular weight excluding hydrogens is 356 g/mol. The SMILES string of the molecule is CCC(=O)OCCc1ccccc1.CCCC(O)Cc1ccc2c(c1)OCO2.